The van der Waals surface area contributed by atoms with Crippen LogP contribution in [0.2, 0.25) is 0 Å². The van der Waals surface area contributed by atoms with Crippen LogP contribution >= 0.6 is 0 Å². The lowest BCUT2D eigenvalue weighted by Crippen LogP contribution is -2.55. The first kappa shape index (κ1) is 42.6. The molecule has 1 aliphatic carbocycles. The first-order chi connectivity index (χ1) is 31.7. The molecule has 67 heavy (non-hydrogen) atoms. The highest BCUT2D eigenvalue weighted by Gasteiger charge is 2.43. The van der Waals surface area contributed by atoms with Crippen LogP contribution in [0.5, 0.6) is 0 Å². The van der Waals surface area contributed by atoms with Crippen molar-refractivity contribution in [1.29, 1.82) is 0 Å². The van der Waals surface area contributed by atoms with Gasteiger partial charge in [-0.05, 0) is 156 Å². The summed E-state index contributed by atoms with van der Waals surface area (Å²) in [6.45, 7) is 28.1. The molecule has 0 radical (unpaired) electrons. The highest BCUT2D eigenvalue weighted by atomic mass is 15.0. The van der Waals surface area contributed by atoms with Crippen LogP contribution in [0.25, 0.3) is 82.7 Å². The molecule has 3 aliphatic rings. The molecule has 4 heterocycles. The minimum atomic E-state index is -0.0176. The summed E-state index contributed by atoms with van der Waals surface area (Å²) in [7, 11) is 0. The maximum atomic E-state index is 2.79. The average Bonchev–Trinajstić information content (AvgIpc) is 3.80. The zero-order valence-electron chi connectivity index (χ0n) is 42.1. The second-order valence-electron chi connectivity index (χ2n) is 24.9. The van der Waals surface area contributed by atoms with E-state index in [4.69, 9.17) is 0 Å². The summed E-state index contributed by atoms with van der Waals surface area (Å²) in [5.74, 6) is 0.567. The molecule has 0 N–H and O–H groups in total. The molecule has 7 aromatic carbocycles. The van der Waals surface area contributed by atoms with E-state index in [1.165, 1.54) is 154 Å². The van der Waals surface area contributed by atoms with Gasteiger partial charge in [-0.15, -0.1) is 0 Å². The summed E-state index contributed by atoms with van der Waals surface area (Å²) in [5, 5.41) is 5.41. The summed E-state index contributed by atoms with van der Waals surface area (Å²) < 4.78 is 5.50. The van der Waals surface area contributed by atoms with Crippen LogP contribution in [0.3, 0.4) is 0 Å². The average molecular weight is 875 g/mol. The molecule has 2 nitrogen and oxygen atoms in total. The van der Waals surface area contributed by atoms with Crippen molar-refractivity contribution in [2.24, 2.45) is 0 Å². The second kappa shape index (κ2) is 14.4. The van der Waals surface area contributed by atoms with Crippen LogP contribution < -0.4 is 10.9 Å². The smallest absolute Gasteiger partial charge is 0.333 e. The number of hydrogen-bond donors (Lipinski definition) is 0. The van der Waals surface area contributed by atoms with Crippen molar-refractivity contribution in [3.63, 3.8) is 0 Å². The van der Waals surface area contributed by atoms with Gasteiger partial charge in [-0.25, -0.2) is 0 Å². The maximum Gasteiger partial charge on any atom is 0.333 e. The number of nitrogens with zero attached hydrogens (tertiary/aromatic N) is 2. The summed E-state index contributed by atoms with van der Waals surface area (Å²) in [4.78, 5) is 0. The third-order valence-corrected chi connectivity index (χ3v) is 16.3. The second-order valence-corrected chi connectivity index (χ2v) is 24.9. The van der Waals surface area contributed by atoms with E-state index in [-0.39, 0.29) is 28.5 Å². The minimum absolute atomic E-state index is 0.00333. The number of aromatic nitrogens is 2. The first-order valence-electron chi connectivity index (χ1n) is 25.4. The van der Waals surface area contributed by atoms with Gasteiger partial charge in [-0.3, -0.25) is 0 Å². The van der Waals surface area contributed by atoms with E-state index in [0.717, 1.165) is 0 Å². The van der Waals surface area contributed by atoms with Gasteiger partial charge in [0.2, 0.25) is 0 Å². The number of hydrogen-bond acceptors (Lipinski definition) is 0. The van der Waals surface area contributed by atoms with Crippen LogP contribution in [0.1, 0.15) is 149 Å². The van der Waals surface area contributed by atoms with Gasteiger partial charge in [0.1, 0.15) is 0 Å². The van der Waals surface area contributed by atoms with Crippen LogP contribution in [0, 0.1) is 0 Å². The Kier molecular flexibility index (Phi) is 9.12. The van der Waals surface area contributed by atoms with E-state index < -0.39 is 0 Å². The quantitative estimate of drug-likeness (QED) is 0.157. The lowest BCUT2D eigenvalue weighted by molar-refractivity contribution is 0.443. The minimum Gasteiger partial charge on any atom is -0.375 e. The topological polar surface area (TPSA) is 9.86 Å². The Labute approximate surface area is 399 Å². The fraction of sp³-hybridized carbons (Fsp3) is 0.344. The molecule has 9 aromatic rings. The van der Waals surface area contributed by atoms with Crippen molar-refractivity contribution in [2.75, 3.05) is 0 Å². The Morgan fingerprint density at radius 2 is 0.940 bits per heavy atom. The Morgan fingerprint density at radius 3 is 1.57 bits per heavy atom. The highest BCUT2D eigenvalue weighted by Crippen LogP contribution is 2.48. The van der Waals surface area contributed by atoms with E-state index in [2.05, 4.69) is 213 Å². The fourth-order valence-corrected chi connectivity index (χ4v) is 12.3. The summed E-state index contributed by atoms with van der Waals surface area (Å²) in [5.41, 5.74) is 24.7. The van der Waals surface area contributed by atoms with Gasteiger partial charge in [0, 0.05) is 43.8 Å². The number of rotatable bonds is 3. The molecule has 336 valence electrons. The van der Waals surface area contributed by atoms with Crippen molar-refractivity contribution in [3.8, 4) is 39.1 Å². The monoisotopic (exact) mass is 875 g/mol. The summed E-state index contributed by atoms with van der Waals surface area (Å²) in [6, 6.07) is 49.1. The first-order valence-corrected chi connectivity index (χ1v) is 25.4. The third kappa shape index (κ3) is 6.57. The van der Waals surface area contributed by atoms with E-state index in [0.29, 0.717) is 5.92 Å². The molecule has 1 fully saturated rings. The molecule has 0 unspecified atom stereocenters. The SMILES string of the molecule is CC(C)(C)c1ccc(-c2ccc3c(c2)c2cc(-c4ccc(C(C)(C)C)cc4)cc4c2n3-c2cc(C3CCCCC3)cc3c2B4n2c4ccc(C(C)(C)C)cc4c4cc(C(C)(C)C)cc-3c42)cc1. The molecule has 0 saturated heterocycles. The predicted molar refractivity (Wildman–Crippen MR) is 291 cm³/mol. The zero-order valence-corrected chi connectivity index (χ0v) is 42.1. The number of fused-ring (bicyclic) bond motifs is 10. The Hall–Kier alpha value is -5.80. The van der Waals surface area contributed by atoms with Crippen molar-refractivity contribution < 1.29 is 0 Å². The molecular weight excluding hydrogens is 808 g/mol. The molecule has 0 spiro atoms. The third-order valence-electron chi connectivity index (χ3n) is 16.3. The molecular formula is C64H67BN2. The van der Waals surface area contributed by atoms with Gasteiger partial charge in [0.15, 0.2) is 0 Å². The summed E-state index contributed by atoms with van der Waals surface area (Å²) >= 11 is 0. The van der Waals surface area contributed by atoms with Gasteiger partial charge in [0.05, 0.1) is 11.0 Å². The van der Waals surface area contributed by atoms with E-state index in [1.807, 2.05) is 0 Å². The van der Waals surface area contributed by atoms with Crippen molar-refractivity contribution in [3.05, 3.63) is 149 Å². The van der Waals surface area contributed by atoms with Gasteiger partial charge in [-0.2, -0.15) is 0 Å². The van der Waals surface area contributed by atoms with Crippen LogP contribution in [0.15, 0.2) is 121 Å². The van der Waals surface area contributed by atoms with Crippen molar-refractivity contribution >= 4 is 61.4 Å². The van der Waals surface area contributed by atoms with Crippen molar-refractivity contribution in [2.45, 2.75) is 143 Å². The molecule has 3 heteroatoms. The molecule has 12 rings (SSSR count). The Balaban J connectivity index is 1.23. The van der Waals surface area contributed by atoms with Crippen LogP contribution in [0.4, 0.5) is 0 Å². The van der Waals surface area contributed by atoms with Gasteiger partial charge >= 0.3 is 6.85 Å². The normalized spacial score (nSPS) is 15.4. The van der Waals surface area contributed by atoms with Crippen molar-refractivity contribution in [1.82, 2.24) is 9.05 Å². The van der Waals surface area contributed by atoms with Gasteiger partial charge < -0.3 is 9.05 Å². The molecule has 0 amide bonds. The molecule has 0 bridgehead atoms. The maximum absolute atomic E-state index is 2.79. The lowest BCUT2D eigenvalue weighted by atomic mass is 9.45. The van der Waals surface area contributed by atoms with Gasteiger partial charge in [-0.1, -0.05) is 175 Å². The molecule has 1 saturated carbocycles. The van der Waals surface area contributed by atoms with Crippen LogP contribution in [-0.4, -0.2) is 15.9 Å². The fourth-order valence-electron chi connectivity index (χ4n) is 12.3. The molecule has 2 aliphatic heterocycles. The summed E-state index contributed by atoms with van der Waals surface area (Å²) in [6.07, 6.45) is 6.50. The molecule has 0 atom stereocenters. The standard InChI is InChI=1S/C64H67BN2/c1-61(2,3)44-23-18-39(19-24-44)41-22-28-55-48(30-41)51-32-42(40-20-25-45(26-21-40)62(4,5)6)33-54-60(51)66(55)57-34-43(38-16-14-13-15-17-38)31-50-53-37-47(64(10,11)12)36-52-49-35-46(63(7,8)9)27-29-56(49)67(59(52)53)65(54)58(50)57/h18-38H,13-17H2,1-12H3. The van der Waals surface area contributed by atoms with Crippen LogP contribution in [-0.2, 0) is 21.7 Å². The van der Waals surface area contributed by atoms with E-state index >= 15 is 0 Å². The molecule has 2 aromatic heterocycles. The van der Waals surface area contributed by atoms with E-state index in [1.54, 1.807) is 0 Å². The Morgan fingerprint density at radius 1 is 0.418 bits per heavy atom. The predicted octanol–water partition coefficient (Wildman–Crippen LogP) is 16.4. The largest absolute Gasteiger partial charge is 0.375 e. The Bertz CT molecular complexity index is 3500. The lowest BCUT2D eigenvalue weighted by Gasteiger charge is -2.36. The highest BCUT2D eigenvalue weighted by molar-refractivity contribution is 6.90. The van der Waals surface area contributed by atoms with E-state index in [9.17, 15) is 0 Å². The zero-order chi connectivity index (χ0) is 46.7. The van der Waals surface area contributed by atoms with Gasteiger partial charge in [0.25, 0.3) is 0 Å². The number of benzene rings is 7.